The third-order valence-electron chi connectivity index (χ3n) is 4.01. The van der Waals surface area contributed by atoms with Crippen LogP contribution in [0.15, 0.2) is 12.3 Å². The summed E-state index contributed by atoms with van der Waals surface area (Å²) in [5, 5.41) is 5.18. The minimum atomic E-state index is -1.09. The number of nitrogens with zero attached hydrogens (tertiary/aromatic N) is 3. The van der Waals surface area contributed by atoms with Crippen molar-refractivity contribution in [2.24, 2.45) is 0 Å². The smallest absolute Gasteiger partial charge is 0.171 e. The number of hydrogen-bond acceptors (Lipinski definition) is 4. The van der Waals surface area contributed by atoms with Crippen molar-refractivity contribution in [3.8, 4) is 0 Å². The SMILES string of the molecule is C[Si](C)(C)CCOCn1nc(C=O)c2cc(C3CC3)cnc21. The Morgan fingerprint density at radius 2 is 2.18 bits per heavy atom. The molecule has 2 aromatic rings. The first-order valence-electron chi connectivity index (χ1n) is 7.87. The van der Waals surface area contributed by atoms with E-state index in [4.69, 9.17) is 4.74 Å². The van der Waals surface area contributed by atoms with Gasteiger partial charge in [0, 0.05) is 20.9 Å². The molecule has 1 fully saturated rings. The lowest BCUT2D eigenvalue weighted by atomic mass is 10.1. The predicted molar refractivity (Wildman–Crippen MR) is 89.0 cm³/mol. The Morgan fingerprint density at radius 1 is 1.41 bits per heavy atom. The highest BCUT2D eigenvalue weighted by Crippen LogP contribution is 2.40. The molecule has 5 nitrogen and oxygen atoms in total. The molecule has 0 bridgehead atoms. The van der Waals surface area contributed by atoms with Crippen molar-refractivity contribution in [1.29, 1.82) is 0 Å². The van der Waals surface area contributed by atoms with Crippen LogP contribution < -0.4 is 0 Å². The van der Waals surface area contributed by atoms with E-state index in [1.54, 1.807) is 4.68 Å². The van der Waals surface area contributed by atoms with Gasteiger partial charge in [-0.3, -0.25) is 4.79 Å². The fraction of sp³-hybridized carbons (Fsp3) is 0.562. The summed E-state index contributed by atoms with van der Waals surface area (Å²) in [6.07, 6.45) is 5.16. The number of fused-ring (bicyclic) bond motifs is 1. The molecule has 6 heteroatoms. The van der Waals surface area contributed by atoms with Gasteiger partial charge in [0.15, 0.2) is 11.9 Å². The Balaban J connectivity index is 1.76. The molecule has 0 amide bonds. The quantitative estimate of drug-likeness (QED) is 0.446. The molecular formula is C16H23N3O2Si. The zero-order valence-electron chi connectivity index (χ0n) is 13.5. The summed E-state index contributed by atoms with van der Waals surface area (Å²) in [6.45, 7) is 8.06. The second-order valence-electron chi connectivity index (χ2n) is 7.26. The average Bonchev–Trinajstić information content (AvgIpc) is 3.25. The van der Waals surface area contributed by atoms with E-state index in [9.17, 15) is 4.79 Å². The van der Waals surface area contributed by atoms with E-state index in [-0.39, 0.29) is 0 Å². The van der Waals surface area contributed by atoms with Crippen LogP contribution >= 0.6 is 0 Å². The molecule has 0 unspecified atom stereocenters. The molecule has 0 saturated heterocycles. The molecule has 0 aliphatic heterocycles. The lowest BCUT2D eigenvalue weighted by Crippen LogP contribution is -2.22. The Kier molecular flexibility index (Phi) is 4.14. The molecule has 0 radical (unpaired) electrons. The van der Waals surface area contributed by atoms with Gasteiger partial charge in [-0.05, 0) is 36.4 Å². The van der Waals surface area contributed by atoms with E-state index in [1.165, 1.54) is 18.4 Å². The summed E-state index contributed by atoms with van der Waals surface area (Å²) in [5.41, 5.74) is 2.41. The first-order valence-corrected chi connectivity index (χ1v) is 11.6. The molecule has 1 aliphatic rings. The van der Waals surface area contributed by atoms with Crippen LogP contribution in [0.25, 0.3) is 11.0 Å². The lowest BCUT2D eigenvalue weighted by Gasteiger charge is -2.15. The van der Waals surface area contributed by atoms with Gasteiger partial charge in [0.05, 0.1) is 5.39 Å². The summed E-state index contributed by atoms with van der Waals surface area (Å²) in [4.78, 5) is 15.8. The summed E-state index contributed by atoms with van der Waals surface area (Å²) >= 11 is 0. The van der Waals surface area contributed by atoms with Crippen LogP contribution in [0.2, 0.25) is 25.7 Å². The minimum Gasteiger partial charge on any atom is -0.359 e. The molecule has 22 heavy (non-hydrogen) atoms. The average molecular weight is 317 g/mol. The van der Waals surface area contributed by atoms with Crippen molar-refractivity contribution < 1.29 is 9.53 Å². The van der Waals surface area contributed by atoms with Crippen molar-refractivity contribution in [2.45, 2.75) is 51.2 Å². The Labute approximate surface area is 131 Å². The maximum atomic E-state index is 11.3. The molecule has 0 aromatic carbocycles. The molecule has 0 atom stereocenters. The Morgan fingerprint density at radius 3 is 2.82 bits per heavy atom. The van der Waals surface area contributed by atoms with Crippen molar-refractivity contribution >= 4 is 25.4 Å². The maximum absolute atomic E-state index is 11.3. The zero-order valence-corrected chi connectivity index (χ0v) is 14.5. The van der Waals surface area contributed by atoms with E-state index in [0.29, 0.717) is 18.3 Å². The second-order valence-corrected chi connectivity index (χ2v) is 12.9. The number of carbonyl (C=O) groups excluding carboxylic acids is 1. The van der Waals surface area contributed by atoms with Crippen molar-refractivity contribution in [2.75, 3.05) is 6.61 Å². The fourth-order valence-electron chi connectivity index (χ4n) is 2.45. The van der Waals surface area contributed by atoms with Crippen LogP contribution in [-0.2, 0) is 11.5 Å². The molecule has 1 saturated carbocycles. The van der Waals surface area contributed by atoms with Gasteiger partial charge in [-0.2, -0.15) is 5.10 Å². The first kappa shape index (κ1) is 15.4. The monoisotopic (exact) mass is 317 g/mol. The third kappa shape index (κ3) is 3.44. The zero-order chi connectivity index (χ0) is 15.7. The number of aldehydes is 1. The van der Waals surface area contributed by atoms with Gasteiger partial charge >= 0.3 is 0 Å². The lowest BCUT2D eigenvalue weighted by molar-refractivity contribution is 0.0808. The van der Waals surface area contributed by atoms with Gasteiger partial charge < -0.3 is 4.74 Å². The van der Waals surface area contributed by atoms with E-state index in [2.05, 4.69) is 35.8 Å². The van der Waals surface area contributed by atoms with E-state index in [1.807, 2.05) is 6.20 Å². The topological polar surface area (TPSA) is 57.0 Å². The van der Waals surface area contributed by atoms with Gasteiger partial charge in [0.2, 0.25) is 0 Å². The van der Waals surface area contributed by atoms with Crippen LogP contribution in [0.5, 0.6) is 0 Å². The van der Waals surface area contributed by atoms with E-state index < -0.39 is 8.07 Å². The number of rotatable bonds is 7. The van der Waals surface area contributed by atoms with Gasteiger partial charge in [0.1, 0.15) is 12.4 Å². The van der Waals surface area contributed by atoms with Crippen LogP contribution in [0, 0.1) is 0 Å². The first-order chi connectivity index (χ1) is 10.5. The van der Waals surface area contributed by atoms with Gasteiger partial charge in [-0.1, -0.05) is 19.6 Å². The number of aromatic nitrogens is 3. The molecule has 2 aromatic heterocycles. The number of hydrogen-bond donors (Lipinski definition) is 0. The van der Waals surface area contributed by atoms with Crippen LogP contribution in [0.1, 0.15) is 34.8 Å². The molecule has 1 aliphatic carbocycles. The molecule has 118 valence electrons. The highest BCUT2D eigenvalue weighted by molar-refractivity contribution is 6.76. The Hall–Kier alpha value is -1.53. The van der Waals surface area contributed by atoms with Gasteiger partial charge in [-0.25, -0.2) is 9.67 Å². The predicted octanol–water partition coefficient (Wildman–Crippen LogP) is 3.43. The van der Waals surface area contributed by atoms with Crippen molar-refractivity contribution in [3.05, 3.63) is 23.5 Å². The minimum absolute atomic E-state index is 0.352. The fourth-order valence-corrected chi connectivity index (χ4v) is 3.20. The van der Waals surface area contributed by atoms with Crippen molar-refractivity contribution in [3.63, 3.8) is 0 Å². The number of carbonyl (C=O) groups is 1. The van der Waals surface area contributed by atoms with Crippen LogP contribution in [-0.4, -0.2) is 35.7 Å². The highest BCUT2D eigenvalue weighted by Gasteiger charge is 2.25. The van der Waals surface area contributed by atoms with E-state index in [0.717, 1.165) is 30.0 Å². The largest absolute Gasteiger partial charge is 0.359 e. The third-order valence-corrected chi connectivity index (χ3v) is 5.71. The summed E-state index contributed by atoms with van der Waals surface area (Å²) < 4.78 is 7.43. The van der Waals surface area contributed by atoms with Crippen molar-refractivity contribution in [1.82, 2.24) is 14.8 Å². The van der Waals surface area contributed by atoms with Crippen LogP contribution in [0.3, 0.4) is 0 Å². The van der Waals surface area contributed by atoms with Gasteiger partial charge in [0.25, 0.3) is 0 Å². The normalized spacial score (nSPS) is 15.4. The summed E-state index contributed by atoms with van der Waals surface area (Å²) in [5.74, 6) is 0.618. The van der Waals surface area contributed by atoms with Gasteiger partial charge in [-0.15, -0.1) is 0 Å². The summed E-state index contributed by atoms with van der Waals surface area (Å²) in [7, 11) is -1.09. The molecule has 0 spiro atoms. The standard InChI is InChI=1S/C16H23N3O2Si/c1-22(2,3)7-6-21-11-19-16-14(15(10-20)18-19)8-13(9-17-16)12-4-5-12/h8-10,12H,4-7,11H2,1-3H3. The summed E-state index contributed by atoms with van der Waals surface area (Å²) in [6, 6.07) is 3.18. The number of ether oxygens (including phenoxy) is 1. The maximum Gasteiger partial charge on any atom is 0.171 e. The number of pyridine rings is 1. The van der Waals surface area contributed by atoms with E-state index >= 15 is 0 Å². The van der Waals surface area contributed by atoms with Crippen LogP contribution in [0.4, 0.5) is 0 Å². The second kappa shape index (κ2) is 5.93. The molecule has 0 N–H and O–H groups in total. The highest BCUT2D eigenvalue weighted by atomic mass is 28.3. The molecule has 2 heterocycles. The Bertz CT molecular complexity index is 686. The molecular weight excluding hydrogens is 294 g/mol. The molecule has 3 rings (SSSR count).